The Balaban J connectivity index is 1.36. The molecule has 7 nitrogen and oxygen atoms in total. The van der Waals surface area contributed by atoms with Crippen molar-refractivity contribution in [3.63, 3.8) is 0 Å². The quantitative estimate of drug-likeness (QED) is 0.478. The molecule has 2 amide bonds. The van der Waals surface area contributed by atoms with Crippen molar-refractivity contribution in [2.24, 2.45) is 5.41 Å². The molecule has 0 radical (unpaired) electrons. The second-order valence-corrected chi connectivity index (χ2v) is 9.78. The van der Waals surface area contributed by atoms with Gasteiger partial charge >= 0.3 is 12.1 Å². The highest BCUT2D eigenvalue weighted by Gasteiger charge is 2.36. The third-order valence-electron chi connectivity index (χ3n) is 7.44. The third kappa shape index (κ3) is 5.66. The van der Waals surface area contributed by atoms with Gasteiger partial charge < -0.3 is 20.5 Å². The van der Waals surface area contributed by atoms with Gasteiger partial charge in [0.15, 0.2) is 0 Å². The van der Waals surface area contributed by atoms with Gasteiger partial charge in [-0.15, -0.1) is 0 Å². The molecule has 3 N–H and O–H groups in total. The number of carboxylic acids is 1. The summed E-state index contributed by atoms with van der Waals surface area (Å²) in [6.45, 7) is 2.30. The zero-order chi connectivity index (χ0) is 24.8. The minimum Gasteiger partial charge on any atom is -0.480 e. The van der Waals surface area contributed by atoms with Crippen molar-refractivity contribution in [2.75, 3.05) is 13.2 Å². The van der Waals surface area contributed by atoms with E-state index in [9.17, 15) is 19.5 Å². The number of carbonyl (C=O) groups excluding carboxylic acids is 2. The van der Waals surface area contributed by atoms with Crippen LogP contribution in [-0.2, 0) is 14.3 Å². The van der Waals surface area contributed by atoms with E-state index in [1.807, 2.05) is 24.3 Å². The summed E-state index contributed by atoms with van der Waals surface area (Å²) in [6.07, 6.45) is 4.72. The second-order valence-electron chi connectivity index (χ2n) is 9.78. The molecule has 1 fully saturated rings. The molecule has 1 saturated carbocycles. The fourth-order valence-electron chi connectivity index (χ4n) is 5.55. The molecule has 2 aromatic carbocycles. The van der Waals surface area contributed by atoms with Crippen LogP contribution in [0.3, 0.4) is 0 Å². The summed E-state index contributed by atoms with van der Waals surface area (Å²) in [4.78, 5) is 36.6. The van der Waals surface area contributed by atoms with Crippen molar-refractivity contribution >= 4 is 18.0 Å². The van der Waals surface area contributed by atoms with Crippen LogP contribution in [0.2, 0.25) is 0 Å². The monoisotopic (exact) mass is 478 g/mol. The van der Waals surface area contributed by atoms with Gasteiger partial charge in [-0.25, -0.2) is 9.59 Å². The Bertz CT molecular complexity index is 1030. The third-order valence-corrected chi connectivity index (χ3v) is 7.44. The Hall–Kier alpha value is -3.35. The predicted molar refractivity (Wildman–Crippen MR) is 133 cm³/mol. The zero-order valence-electron chi connectivity index (χ0n) is 20.2. The molecule has 7 heteroatoms. The molecule has 0 aromatic heterocycles. The first-order chi connectivity index (χ1) is 16.9. The fourth-order valence-corrected chi connectivity index (χ4v) is 5.55. The molecule has 0 saturated heterocycles. The molecule has 4 rings (SSSR count). The summed E-state index contributed by atoms with van der Waals surface area (Å²) in [6, 6.07) is 15.5. The van der Waals surface area contributed by atoms with Crippen LogP contribution < -0.4 is 10.6 Å². The van der Waals surface area contributed by atoms with Crippen molar-refractivity contribution in [3.8, 4) is 11.1 Å². The van der Waals surface area contributed by atoms with Crippen molar-refractivity contribution in [1.29, 1.82) is 0 Å². The highest BCUT2D eigenvalue weighted by molar-refractivity contribution is 5.84. The van der Waals surface area contributed by atoms with Gasteiger partial charge in [0.25, 0.3) is 0 Å². The molecule has 35 heavy (non-hydrogen) atoms. The lowest BCUT2D eigenvalue weighted by Gasteiger charge is -2.37. The van der Waals surface area contributed by atoms with Crippen molar-refractivity contribution in [1.82, 2.24) is 10.6 Å². The van der Waals surface area contributed by atoms with Gasteiger partial charge in [-0.2, -0.15) is 0 Å². The van der Waals surface area contributed by atoms with E-state index in [0.29, 0.717) is 13.0 Å². The molecule has 1 unspecified atom stereocenters. The first kappa shape index (κ1) is 24.8. The number of nitrogens with one attached hydrogen (secondary N) is 2. The molecule has 2 aliphatic carbocycles. The van der Waals surface area contributed by atoms with Crippen LogP contribution in [0.4, 0.5) is 4.79 Å². The van der Waals surface area contributed by atoms with E-state index < -0.39 is 18.1 Å². The highest BCUT2D eigenvalue weighted by atomic mass is 16.5. The van der Waals surface area contributed by atoms with E-state index in [4.69, 9.17) is 4.74 Å². The van der Waals surface area contributed by atoms with Gasteiger partial charge in [-0.05, 0) is 46.9 Å². The molecular weight excluding hydrogens is 444 g/mol. The van der Waals surface area contributed by atoms with E-state index in [2.05, 4.69) is 34.9 Å². The number of carbonyl (C=O) groups is 3. The van der Waals surface area contributed by atoms with Gasteiger partial charge in [-0.1, -0.05) is 74.7 Å². The Kier molecular flexibility index (Phi) is 7.73. The van der Waals surface area contributed by atoms with E-state index in [-0.39, 0.29) is 30.3 Å². The van der Waals surface area contributed by atoms with E-state index in [1.165, 1.54) is 11.1 Å². The smallest absolute Gasteiger partial charge is 0.407 e. The highest BCUT2D eigenvalue weighted by Crippen LogP contribution is 2.44. The topological polar surface area (TPSA) is 105 Å². The summed E-state index contributed by atoms with van der Waals surface area (Å²) >= 11 is 0. The Morgan fingerprint density at radius 2 is 1.60 bits per heavy atom. The van der Waals surface area contributed by atoms with Crippen molar-refractivity contribution in [2.45, 2.75) is 63.8 Å². The number of aliphatic carboxylic acids is 1. The first-order valence-corrected chi connectivity index (χ1v) is 12.5. The molecule has 0 heterocycles. The van der Waals surface area contributed by atoms with Crippen molar-refractivity contribution in [3.05, 3.63) is 59.7 Å². The number of alkyl carbamates (subject to hydrolysis) is 1. The Morgan fingerprint density at radius 1 is 1.00 bits per heavy atom. The van der Waals surface area contributed by atoms with E-state index in [0.717, 1.165) is 43.2 Å². The molecule has 0 bridgehead atoms. The minimum atomic E-state index is -1.03. The lowest BCUT2D eigenvalue weighted by Crippen LogP contribution is -2.46. The first-order valence-electron chi connectivity index (χ1n) is 12.5. The average molecular weight is 479 g/mol. The average Bonchev–Trinajstić information content (AvgIpc) is 3.19. The lowest BCUT2D eigenvalue weighted by atomic mass is 9.71. The Morgan fingerprint density at radius 3 is 2.17 bits per heavy atom. The van der Waals surface area contributed by atoms with Gasteiger partial charge in [0, 0.05) is 18.9 Å². The minimum absolute atomic E-state index is 0.00966. The van der Waals surface area contributed by atoms with Gasteiger partial charge in [0.05, 0.1) is 0 Å². The standard InChI is InChI=1S/C28H34N2O5/c1-2-24(26(32)33)30-25(31)16-28(14-8-3-9-15-28)18-29-27(34)35-17-23-21-12-6-4-10-19(21)20-11-5-7-13-22(20)23/h4-7,10-13,23-24H,2-3,8-9,14-18H2,1H3,(H,29,34)(H,30,31)(H,32,33). The van der Waals surface area contributed by atoms with Crippen LogP contribution in [0.1, 0.15) is 68.9 Å². The molecule has 1 atom stereocenters. The maximum absolute atomic E-state index is 12.7. The van der Waals surface area contributed by atoms with Crippen LogP contribution in [0.15, 0.2) is 48.5 Å². The number of rotatable bonds is 9. The van der Waals surface area contributed by atoms with Crippen LogP contribution in [-0.4, -0.2) is 42.3 Å². The molecule has 186 valence electrons. The summed E-state index contributed by atoms with van der Waals surface area (Å²) in [5.41, 5.74) is 4.29. The molecule has 0 spiro atoms. The van der Waals surface area contributed by atoms with E-state index >= 15 is 0 Å². The number of hydrogen-bond acceptors (Lipinski definition) is 4. The predicted octanol–water partition coefficient (Wildman–Crippen LogP) is 4.85. The molecule has 2 aromatic rings. The maximum Gasteiger partial charge on any atom is 0.407 e. The zero-order valence-corrected chi connectivity index (χ0v) is 20.2. The summed E-state index contributed by atoms with van der Waals surface area (Å²) in [5, 5.41) is 14.8. The van der Waals surface area contributed by atoms with Gasteiger partial charge in [0.1, 0.15) is 12.6 Å². The van der Waals surface area contributed by atoms with Crippen LogP contribution in [0.5, 0.6) is 0 Å². The number of carboxylic acid groups (broad SMARTS) is 1. The summed E-state index contributed by atoms with van der Waals surface area (Å²) < 4.78 is 5.67. The van der Waals surface area contributed by atoms with Crippen molar-refractivity contribution < 1.29 is 24.2 Å². The lowest BCUT2D eigenvalue weighted by molar-refractivity contribution is -0.142. The second kappa shape index (κ2) is 10.9. The largest absolute Gasteiger partial charge is 0.480 e. The summed E-state index contributed by atoms with van der Waals surface area (Å²) in [7, 11) is 0. The number of ether oxygens (including phenoxy) is 1. The molecular formula is C28H34N2O5. The van der Waals surface area contributed by atoms with Crippen LogP contribution in [0, 0.1) is 5.41 Å². The van der Waals surface area contributed by atoms with E-state index in [1.54, 1.807) is 6.92 Å². The summed E-state index contributed by atoms with van der Waals surface area (Å²) in [5.74, 6) is -1.32. The van der Waals surface area contributed by atoms with Crippen LogP contribution in [0.25, 0.3) is 11.1 Å². The molecule has 0 aliphatic heterocycles. The SMILES string of the molecule is CCC(NC(=O)CC1(CNC(=O)OCC2c3ccccc3-c3ccccc32)CCCCC1)C(=O)O. The molecule has 2 aliphatic rings. The maximum atomic E-state index is 12.7. The Labute approximate surface area is 206 Å². The number of benzene rings is 2. The normalized spacial score (nSPS) is 17.1. The van der Waals surface area contributed by atoms with Gasteiger partial charge in [-0.3, -0.25) is 4.79 Å². The number of fused-ring (bicyclic) bond motifs is 3. The van der Waals surface area contributed by atoms with Gasteiger partial charge in [0.2, 0.25) is 5.91 Å². The fraction of sp³-hybridized carbons (Fsp3) is 0.464. The number of hydrogen-bond donors (Lipinski definition) is 3. The van der Waals surface area contributed by atoms with Crippen LogP contribution >= 0.6 is 0 Å². The number of amides is 2.